The number of nitrogens with one attached hydrogen (secondary N) is 1. The quantitative estimate of drug-likeness (QED) is 0.768. The van der Waals surface area contributed by atoms with Gasteiger partial charge in [0.05, 0.1) is 11.6 Å². The highest BCUT2D eigenvalue weighted by molar-refractivity contribution is 6.09. The zero-order chi connectivity index (χ0) is 22.5. The molecule has 0 radical (unpaired) electrons. The Morgan fingerprint density at radius 1 is 1.19 bits per heavy atom. The van der Waals surface area contributed by atoms with Crippen LogP contribution in [0.15, 0.2) is 24.3 Å². The maximum Gasteiger partial charge on any atom is 0.407 e. The minimum atomic E-state index is -0.903. The molecule has 1 saturated heterocycles. The minimum Gasteiger partial charge on any atom is -0.465 e. The lowest BCUT2D eigenvalue weighted by Gasteiger charge is -2.40. The van der Waals surface area contributed by atoms with Crippen LogP contribution in [0, 0.1) is 5.41 Å². The van der Waals surface area contributed by atoms with E-state index in [-0.39, 0.29) is 23.8 Å². The van der Waals surface area contributed by atoms with Crippen LogP contribution in [-0.4, -0.2) is 56.9 Å². The van der Waals surface area contributed by atoms with Crippen molar-refractivity contribution in [2.45, 2.75) is 39.7 Å². The topological polar surface area (TPSA) is 108 Å². The van der Waals surface area contributed by atoms with E-state index >= 15 is 0 Å². The third kappa shape index (κ3) is 3.75. The van der Waals surface area contributed by atoms with E-state index in [9.17, 15) is 19.5 Å². The number of benzene rings is 1. The first-order chi connectivity index (χ1) is 14.6. The van der Waals surface area contributed by atoms with Crippen molar-refractivity contribution >= 4 is 40.3 Å². The smallest absolute Gasteiger partial charge is 0.407 e. The summed E-state index contributed by atoms with van der Waals surface area (Å²) in [5, 5.41) is 17.3. The number of aryl methyl sites for hydroxylation is 1. The zero-order valence-electron chi connectivity index (χ0n) is 18.2. The zero-order valence-corrected chi connectivity index (χ0v) is 18.2. The van der Waals surface area contributed by atoms with Crippen LogP contribution < -0.4 is 10.2 Å². The van der Waals surface area contributed by atoms with Gasteiger partial charge >= 0.3 is 12.1 Å². The molecule has 4 amide bonds. The molecule has 31 heavy (non-hydrogen) atoms. The first-order valence-electron chi connectivity index (χ1n) is 10.3. The molecule has 2 aliphatic heterocycles. The summed E-state index contributed by atoms with van der Waals surface area (Å²) in [4.78, 5) is 38.4. The molecular weight excluding hydrogens is 398 g/mol. The molecule has 1 atom stereocenters. The fourth-order valence-corrected chi connectivity index (χ4v) is 4.32. The second kappa shape index (κ2) is 7.40. The molecule has 1 fully saturated rings. The number of fused-ring (bicyclic) bond motifs is 1. The van der Waals surface area contributed by atoms with E-state index in [1.807, 2.05) is 46.0 Å². The second-order valence-corrected chi connectivity index (χ2v) is 9.16. The van der Waals surface area contributed by atoms with Gasteiger partial charge in [-0.2, -0.15) is 5.10 Å². The van der Waals surface area contributed by atoms with Gasteiger partial charge in [-0.15, -0.1) is 0 Å². The summed E-state index contributed by atoms with van der Waals surface area (Å²) < 4.78 is 1.73. The van der Waals surface area contributed by atoms with Gasteiger partial charge in [0.15, 0.2) is 5.82 Å². The van der Waals surface area contributed by atoms with Crippen molar-refractivity contribution in [1.29, 1.82) is 0 Å². The van der Waals surface area contributed by atoms with Gasteiger partial charge in [-0.1, -0.05) is 32.9 Å². The second-order valence-electron chi connectivity index (χ2n) is 9.16. The highest BCUT2D eigenvalue weighted by Crippen LogP contribution is 2.36. The average Bonchev–Trinajstić information content (AvgIpc) is 3.02. The Kier molecular flexibility index (Phi) is 4.99. The molecule has 0 bridgehead atoms. The number of rotatable bonds is 2. The largest absolute Gasteiger partial charge is 0.465 e. The van der Waals surface area contributed by atoms with Crippen molar-refractivity contribution < 1.29 is 19.5 Å². The Bertz CT molecular complexity index is 1110. The summed E-state index contributed by atoms with van der Waals surface area (Å²) in [6.07, 6.45) is 2.02. The van der Waals surface area contributed by atoms with Crippen LogP contribution in [0.3, 0.4) is 0 Å². The highest BCUT2D eigenvalue weighted by atomic mass is 16.4. The lowest BCUT2D eigenvalue weighted by atomic mass is 9.81. The third-order valence-electron chi connectivity index (χ3n) is 5.96. The molecule has 2 N–H and O–H groups in total. The molecule has 1 aromatic carbocycles. The van der Waals surface area contributed by atoms with Crippen LogP contribution in [0.2, 0.25) is 0 Å². The normalized spacial score (nSPS) is 20.1. The number of carbonyl (C=O) groups excluding carboxylic acids is 2. The highest BCUT2D eigenvalue weighted by Gasteiger charge is 2.35. The summed E-state index contributed by atoms with van der Waals surface area (Å²) in [7, 11) is 1.82. The molecule has 0 aliphatic carbocycles. The maximum atomic E-state index is 12.3. The van der Waals surface area contributed by atoms with Crippen LogP contribution >= 0.6 is 0 Å². The van der Waals surface area contributed by atoms with Crippen molar-refractivity contribution in [3.8, 4) is 0 Å². The van der Waals surface area contributed by atoms with E-state index < -0.39 is 12.1 Å². The number of amides is 4. The summed E-state index contributed by atoms with van der Waals surface area (Å²) >= 11 is 0. The number of aromatic nitrogens is 2. The van der Waals surface area contributed by atoms with E-state index in [1.165, 1.54) is 9.80 Å². The Morgan fingerprint density at radius 2 is 1.94 bits per heavy atom. The van der Waals surface area contributed by atoms with Gasteiger partial charge in [0.25, 0.3) is 0 Å². The number of hydrogen-bond donors (Lipinski definition) is 2. The van der Waals surface area contributed by atoms with Gasteiger partial charge in [-0.3, -0.25) is 19.7 Å². The number of hydrogen-bond acceptors (Lipinski definition) is 4. The number of carbonyl (C=O) groups is 3. The van der Waals surface area contributed by atoms with Gasteiger partial charge in [-0.25, -0.2) is 9.59 Å². The SMILES string of the molecule is Cn1nc(N2CCC(=O)NC2=O)c2ccc(C3=CC(C(C)(C)C)N(C(=O)O)CC3)cc21. The standard InChI is InChI=1S/C22H27N5O4/c1-22(2,3)17-12-14(7-9-26(17)21(30)31)13-5-6-15-16(11-13)25(4)24-19(15)27-10-8-18(28)23-20(27)29/h5-6,11-12,17H,7-10H2,1-4H3,(H,30,31)(H,23,28,29). The van der Waals surface area contributed by atoms with Crippen LogP contribution in [0.5, 0.6) is 0 Å². The Hall–Kier alpha value is -3.36. The van der Waals surface area contributed by atoms with E-state index in [0.29, 0.717) is 25.3 Å². The maximum absolute atomic E-state index is 12.3. The Balaban J connectivity index is 1.72. The molecule has 0 spiro atoms. The Morgan fingerprint density at radius 3 is 2.58 bits per heavy atom. The van der Waals surface area contributed by atoms with E-state index in [2.05, 4.69) is 16.5 Å². The van der Waals surface area contributed by atoms with Crippen molar-refractivity contribution in [2.24, 2.45) is 12.5 Å². The fraction of sp³-hybridized carbons (Fsp3) is 0.455. The molecule has 4 rings (SSSR count). The van der Waals surface area contributed by atoms with Crippen LogP contribution in [0.25, 0.3) is 16.5 Å². The van der Waals surface area contributed by atoms with Crippen LogP contribution in [-0.2, 0) is 11.8 Å². The molecule has 9 heteroatoms. The van der Waals surface area contributed by atoms with Crippen molar-refractivity contribution in [2.75, 3.05) is 18.0 Å². The van der Waals surface area contributed by atoms with E-state index in [4.69, 9.17) is 0 Å². The Labute approximate surface area is 180 Å². The van der Waals surface area contributed by atoms with Crippen molar-refractivity contribution in [1.82, 2.24) is 20.0 Å². The summed E-state index contributed by atoms with van der Waals surface area (Å²) in [6.45, 7) is 6.86. The predicted molar refractivity (Wildman–Crippen MR) is 117 cm³/mol. The minimum absolute atomic E-state index is 0.221. The molecule has 0 saturated carbocycles. The molecule has 2 aliphatic rings. The summed E-state index contributed by atoms with van der Waals surface area (Å²) in [5.41, 5.74) is 2.75. The molecule has 3 heterocycles. The van der Waals surface area contributed by atoms with Crippen molar-refractivity contribution in [3.05, 3.63) is 29.8 Å². The van der Waals surface area contributed by atoms with Crippen LogP contribution in [0.1, 0.15) is 39.2 Å². The lowest BCUT2D eigenvalue weighted by Crippen LogP contribution is -2.49. The number of anilines is 1. The number of carboxylic acid groups (broad SMARTS) is 1. The monoisotopic (exact) mass is 425 g/mol. The van der Waals surface area contributed by atoms with Gasteiger partial charge in [0, 0.05) is 31.9 Å². The number of imide groups is 1. The predicted octanol–water partition coefficient (Wildman–Crippen LogP) is 3.20. The van der Waals surface area contributed by atoms with Gasteiger partial charge in [0.2, 0.25) is 5.91 Å². The first-order valence-corrected chi connectivity index (χ1v) is 10.3. The van der Waals surface area contributed by atoms with Gasteiger partial charge < -0.3 is 10.0 Å². The molecule has 9 nitrogen and oxygen atoms in total. The number of urea groups is 1. The van der Waals surface area contributed by atoms with Gasteiger partial charge in [-0.05, 0) is 35.1 Å². The first kappa shape index (κ1) is 20.9. The summed E-state index contributed by atoms with van der Waals surface area (Å²) in [5.74, 6) is 0.244. The molecule has 164 valence electrons. The molecular formula is C22H27N5O4. The molecule has 2 aromatic rings. The number of nitrogens with zero attached hydrogens (tertiary/aromatic N) is 4. The lowest BCUT2D eigenvalue weighted by molar-refractivity contribution is -0.120. The third-order valence-corrected chi connectivity index (χ3v) is 5.96. The fourth-order valence-electron chi connectivity index (χ4n) is 4.32. The van der Waals surface area contributed by atoms with Gasteiger partial charge in [0.1, 0.15) is 0 Å². The van der Waals surface area contributed by atoms with Crippen molar-refractivity contribution in [3.63, 3.8) is 0 Å². The molecule has 1 unspecified atom stereocenters. The van der Waals surface area contributed by atoms with E-state index in [0.717, 1.165) is 22.0 Å². The van der Waals surface area contributed by atoms with E-state index in [1.54, 1.807) is 4.68 Å². The van der Waals surface area contributed by atoms with Crippen LogP contribution in [0.4, 0.5) is 15.4 Å². The molecule has 1 aromatic heterocycles. The summed E-state index contributed by atoms with van der Waals surface area (Å²) in [6, 6.07) is 5.27. The average molecular weight is 425 g/mol.